The maximum Gasteiger partial charge on any atom is 0.0631 e. The molecule has 102 valence electrons. The largest absolute Gasteiger partial charge is 0.270 e. The molecule has 1 aromatic carbocycles. The highest BCUT2D eigenvalue weighted by atomic mass is 35.5. The van der Waals surface area contributed by atoms with Crippen molar-refractivity contribution in [3.8, 4) is 0 Å². The van der Waals surface area contributed by atoms with Gasteiger partial charge in [0, 0.05) is 24.0 Å². The van der Waals surface area contributed by atoms with Crippen LogP contribution in [0.3, 0.4) is 0 Å². The van der Waals surface area contributed by atoms with Gasteiger partial charge in [-0.3, -0.25) is 4.68 Å². The van der Waals surface area contributed by atoms with E-state index in [0.29, 0.717) is 17.8 Å². The van der Waals surface area contributed by atoms with Crippen LogP contribution in [0.2, 0.25) is 0 Å². The number of benzene rings is 1. The van der Waals surface area contributed by atoms with Crippen molar-refractivity contribution < 1.29 is 0 Å². The van der Waals surface area contributed by atoms with Gasteiger partial charge >= 0.3 is 0 Å². The number of hydrogen-bond acceptors (Lipinski definition) is 1. The summed E-state index contributed by atoms with van der Waals surface area (Å²) in [5.74, 6) is 0.954. The number of nitrogens with zero attached hydrogens (tertiary/aromatic N) is 2. The van der Waals surface area contributed by atoms with E-state index in [0.717, 1.165) is 12.1 Å². The van der Waals surface area contributed by atoms with Crippen molar-refractivity contribution in [2.45, 2.75) is 39.2 Å². The van der Waals surface area contributed by atoms with Gasteiger partial charge in [0.1, 0.15) is 0 Å². The summed E-state index contributed by atoms with van der Waals surface area (Å²) >= 11 is 6.14. The third kappa shape index (κ3) is 3.60. The molecule has 0 bridgehead atoms. The molecule has 1 unspecified atom stereocenters. The molecule has 1 heterocycles. The third-order valence-electron chi connectivity index (χ3n) is 3.35. The molecule has 1 atom stereocenters. The van der Waals surface area contributed by atoms with E-state index in [4.69, 9.17) is 11.6 Å². The predicted octanol–water partition coefficient (Wildman–Crippen LogP) is 4.34. The molecule has 0 saturated carbocycles. The second-order valence-electron chi connectivity index (χ2n) is 5.35. The average molecular weight is 277 g/mol. The van der Waals surface area contributed by atoms with Crippen molar-refractivity contribution >= 4 is 11.6 Å². The molecule has 3 heteroatoms. The summed E-state index contributed by atoms with van der Waals surface area (Å²) in [6.07, 6.45) is 2.94. The fourth-order valence-electron chi connectivity index (χ4n) is 2.21. The Morgan fingerprint density at radius 3 is 2.63 bits per heavy atom. The van der Waals surface area contributed by atoms with E-state index >= 15 is 0 Å². The maximum absolute atomic E-state index is 6.14. The van der Waals surface area contributed by atoms with E-state index in [-0.39, 0.29) is 0 Å². The van der Waals surface area contributed by atoms with Crippen LogP contribution in [0.5, 0.6) is 0 Å². The van der Waals surface area contributed by atoms with Gasteiger partial charge in [-0.15, -0.1) is 11.6 Å². The van der Waals surface area contributed by atoms with E-state index < -0.39 is 0 Å². The SMILES string of the molecule is Cc1cccc(C(CCl)Cc2ccn(C(C)C)n2)c1. The number of aryl methyl sites for hydroxylation is 1. The van der Waals surface area contributed by atoms with Crippen LogP contribution in [0, 0.1) is 6.92 Å². The van der Waals surface area contributed by atoms with Crippen LogP contribution in [0.1, 0.15) is 42.6 Å². The summed E-state index contributed by atoms with van der Waals surface area (Å²) in [5, 5.41) is 4.60. The lowest BCUT2D eigenvalue weighted by Crippen LogP contribution is -2.07. The highest BCUT2D eigenvalue weighted by Gasteiger charge is 2.13. The van der Waals surface area contributed by atoms with Crippen LogP contribution < -0.4 is 0 Å². The van der Waals surface area contributed by atoms with Crippen molar-refractivity contribution in [2.75, 3.05) is 5.88 Å². The van der Waals surface area contributed by atoms with Crippen LogP contribution in [-0.4, -0.2) is 15.7 Å². The van der Waals surface area contributed by atoms with Crippen LogP contribution in [0.25, 0.3) is 0 Å². The Hall–Kier alpha value is -1.28. The van der Waals surface area contributed by atoms with Crippen molar-refractivity contribution in [1.82, 2.24) is 9.78 Å². The van der Waals surface area contributed by atoms with Crippen molar-refractivity contribution in [2.24, 2.45) is 0 Å². The Morgan fingerprint density at radius 1 is 1.26 bits per heavy atom. The van der Waals surface area contributed by atoms with Gasteiger partial charge in [0.15, 0.2) is 0 Å². The smallest absolute Gasteiger partial charge is 0.0631 e. The van der Waals surface area contributed by atoms with E-state index in [1.165, 1.54) is 11.1 Å². The van der Waals surface area contributed by atoms with Crippen molar-refractivity contribution in [3.63, 3.8) is 0 Å². The van der Waals surface area contributed by atoms with Gasteiger partial charge in [0.05, 0.1) is 5.69 Å². The maximum atomic E-state index is 6.14. The fraction of sp³-hybridized carbons (Fsp3) is 0.438. The molecule has 1 aromatic heterocycles. The Labute approximate surface area is 120 Å². The highest BCUT2D eigenvalue weighted by molar-refractivity contribution is 6.18. The molecule has 2 rings (SSSR count). The average Bonchev–Trinajstić information content (AvgIpc) is 2.84. The molecular weight excluding hydrogens is 256 g/mol. The summed E-state index contributed by atoms with van der Waals surface area (Å²) in [4.78, 5) is 0. The summed E-state index contributed by atoms with van der Waals surface area (Å²) in [7, 11) is 0. The monoisotopic (exact) mass is 276 g/mol. The van der Waals surface area contributed by atoms with Gasteiger partial charge in [0.25, 0.3) is 0 Å². The Morgan fingerprint density at radius 2 is 2.05 bits per heavy atom. The first kappa shape index (κ1) is 14.1. The molecule has 0 aliphatic rings. The molecule has 0 aliphatic carbocycles. The van der Waals surface area contributed by atoms with E-state index in [1.807, 2.05) is 10.9 Å². The number of rotatable bonds is 5. The zero-order valence-electron chi connectivity index (χ0n) is 11.8. The van der Waals surface area contributed by atoms with Crippen molar-refractivity contribution in [1.29, 1.82) is 0 Å². The Balaban J connectivity index is 2.14. The second kappa shape index (κ2) is 6.25. The van der Waals surface area contributed by atoms with Gasteiger partial charge < -0.3 is 0 Å². The van der Waals surface area contributed by atoms with Crippen LogP contribution in [0.4, 0.5) is 0 Å². The second-order valence-corrected chi connectivity index (χ2v) is 5.66. The molecule has 0 spiro atoms. The quantitative estimate of drug-likeness (QED) is 0.743. The summed E-state index contributed by atoms with van der Waals surface area (Å²) in [6, 6.07) is 11.1. The minimum absolute atomic E-state index is 0.331. The molecule has 0 saturated heterocycles. The molecular formula is C16H21ClN2. The topological polar surface area (TPSA) is 17.8 Å². The predicted molar refractivity (Wildman–Crippen MR) is 81.0 cm³/mol. The molecule has 2 aromatic rings. The van der Waals surface area contributed by atoms with Gasteiger partial charge in [-0.2, -0.15) is 5.10 Å². The number of alkyl halides is 1. The zero-order valence-corrected chi connectivity index (χ0v) is 12.6. The lowest BCUT2D eigenvalue weighted by atomic mass is 9.95. The summed E-state index contributed by atoms with van der Waals surface area (Å²) in [5.41, 5.74) is 3.69. The molecule has 0 aliphatic heterocycles. The van der Waals surface area contributed by atoms with Gasteiger partial charge in [-0.05, 0) is 38.8 Å². The van der Waals surface area contributed by atoms with Crippen LogP contribution in [0.15, 0.2) is 36.5 Å². The normalized spacial score (nSPS) is 12.9. The van der Waals surface area contributed by atoms with Gasteiger partial charge in [-0.1, -0.05) is 29.8 Å². The van der Waals surface area contributed by atoms with E-state index in [1.54, 1.807) is 0 Å². The molecule has 2 nitrogen and oxygen atoms in total. The van der Waals surface area contributed by atoms with Crippen LogP contribution >= 0.6 is 11.6 Å². The highest BCUT2D eigenvalue weighted by Crippen LogP contribution is 2.23. The zero-order chi connectivity index (χ0) is 13.8. The molecule has 0 radical (unpaired) electrons. The number of halogens is 1. The minimum atomic E-state index is 0.331. The third-order valence-corrected chi connectivity index (χ3v) is 3.72. The molecule has 19 heavy (non-hydrogen) atoms. The first-order valence-corrected chi connectivity index (χ1v) is 7.30. The Bertz CT molecular complexity index is 531. The summed E-state index contributed by atoms with van der Waals surface area (Å²) in [6.45, 7) is 6.38. The minimum Gasteiger partial charge on any atom is -0.270 e. The van der Waals surface area contributed by atoms with E-state index in [9.17, 15) is 0 Å². The lowest BCUT2D eigenvalue weighted by molar-refractivity contribution is 0.523. The molecule has 0 amide bonds. The molecule has 0 fully saturated rings. The van der Waals surface area contributed by atoms with Gasteiger partial charge in [-0.25, -0.2) is 0 Å². The standard InChI is InChI=1S/C16H21ClN2/c1-12(2)19-8-7-16(18-19)10-15(11-17)14-6-4-5-13(3)9-14/h4-9,12,15H,10-11H2,1-3H3. The Kier molecular flexibility index (Phi) is 4.65. The lowest BCUT2D eigenvalue weighted by Gasteiger charge is -2.13. The fourth-order valence-corrected chi connectivity index (χ4v) is 2.50. The first-order valence-electron chi connectivity index (χ1n) is 6.76. The van der Waals surface area contributed by atoms with Crippen molar-refractivity contribution in [3.05, 3.63) is 53.3 Å². The number of aromatic nitrogens is 2. The number of hydrogen-bond donors (Lipinski definition) is 0. The van der Waals surface area contributed by atoms with Crippen LogP contribution in [-0.2, 0) is 6.42 Å². The first-order chi connectivity index (χ1) is 9.10. The van der Waals surface area contributed by atoms with Gasteiger partial charge in [0.2, 0.25) is 0 Å². The summed E-state index contributed by atoms with van der Waals surface area (Å²) < 4.78 is 2.00. The molecule has 0 N–H and O–H groups in total. The van der Waals surface area contributed by atoms with E-state index in [2.05, 4.69) is 56.2 Å².